The van der Waals surface area contributed by atoms with Gasteiger partial charge in [-0.25, -0.2) is 18.7 Å². The van der Waals surface area contributed by atoms with E-state index in [4.69, 9.17) is 9.72 Å². The lowest BCUT2D eigenvalue weighted by Crippen LogP contribution is -2.45. The second-order valence-corrected chi connectivity index (χ2v) is 10.6. The molecule has 3 aliphatic rings. The van der Waals surface area contributed by atoms with Gasteiger partial charge >= 0.3 is 0 Å². The van der Waals surface area contributed by atoms with Crippen molar-refractivity contribution in [3.05, 3.63) is 76.6 Å². The van der Waals surface area contributed by atoms with E-state index in [1.807, 2.05) is 19.2 Å². The summed E-state index contributed by atoms with van der Waals surface area (Å²) in [4.78, 5) is 37.6. The molecule has 8 nitrogen and oxygen atoms in total. The second kappa shape index (κ2) is 10.00. The Balaban J connectivity index is 1.22. The lowest BCUT2D eigenvalue weighted by molar-refractivity contribution is -0.121. The lowest BCUT2D eigenvalue weighted by atomic mass is 9.91. The molecule has 6 rings (SSSR count). The van der Waals surface area contributed by atoms with E-state index in [9.17, 15) is 18.4 Å². The van der Waals surface area contributed by atoms with Crippen LogP contribution in [0.5, 0.6) is 0 Å². The lowest BCUT2D eigenvalue weighted by Gasteiger charge is -2.35. The van der Waals surface area contributed by atoms with Crippen LogP contribution in [0.3, 0.4) is 0 Å². The van der Waals surface area contributed by atoms with E-state index >= 15 is 0 Å². The highest BCUT2D eigenvalue weighted by Crippen LogP contribution is 2.53. The minimum Gasteiger partial charge on any atom is -0.381 e. The summed E-state index contributed by atoms with van der Waals surface area (Å²) in [5.74, 6) is -1.34. The van der Waals surface area contributed by atoms with Gasteiger partial charge in [0.15, 0.2) is 0 Å². The number of amides is 2. The molecule has 1 spiro atoms. The molecule has 202 valence electrons. The molecule has 3 heterocycles. The van der Waals surface area contributed by atoms with Gasteiger partial charge in [0.25, 0.3) is 0 Å². The normalized spacial score (nSPS) is 18.1. The van der Waals surface area contributed by atoms with Crippen molar-refractivity contribution in [1.82, 2.24) is 9.97 Å². The predicted molar refractivity (Wildman–Crippen MR) is 141 cm³/mol. The average molecular weight is 534 g/mol. The van der Waals surface area contributed by atoms with Gasteiger partial charge in [0.1, 0.15) is 11.6 Å². The van der Waals surface area contributed by atoms with Crippen LogP contribution in [0.1, 0.15) is 48.1 Å². The van der Waals surface area contributed by atoms with E-state index in [1.165, 1.54) is 0 Å². The van der Waals surface area contributed by atoms with Crippen LogP contribution in [0, 0.1) is 18.6 Å². The molecule has 0 atom stereocenters. The smallest absolute Gasteiger partial charge is 0.239 e. The van der Waals surface area contributed by atoms with Crippen molar-refractivity contribution in [2.24, 2.45) is 0 Å². The Bertz CT molecular complexity index is 1430. The van der Waals surface area contributed by atoms with Crippen LogP contribution in [0.15, 0.2) is 42.6 Å². The fraction of sp³-hybridized carbons (Fsp3) is 0.379. The van der Waals surface area contributed by atoms with Crippen molar-refractivity contribution in [2.75, 3.05) is 28.7 Å². The number of nitrogens with one attached hydrogen (secondary N) is 2. The molecule has 2 aromatic carbocycles. The quantitative estimate of drug-likeness (QED) is 0.487. The Morgan fingerprint density at radius 2 is 1.87 bits per heavy atom. The van der Waals surface area contributed by atoms with E-state index in [1.54, 1.807) is 17.0 Å². The van der Waals surface area contributed by atoms with Crippen molar-refractivity contribution >= 4 is 29.1 Å². The van der Waals surface area contributed by atoms with Gasteiger partial charge in [-0.15, -0.1) is 0 Å². The van der Waals surface area contributed by atoms with E-state index in [2.05, 4.69) is 15.6 Å². The molecule has 2 fully saturated rings. The van der Waals surface area contributed by atoms with Gasteiger partial charge in [-0.05, 0) is 68.0 Å². The van der Waals surface area contributed by atoms with Crippen molar-refractivity contribution < 1.29 is 23.1 Å². The Morgan fingerprint density at radius 3 is 2.59 bits per heavy atom. The molecule has 0 bridgehead atoms. The number of carbonyl (C=O) groups excluding carboxylic acids is 2. The van der Waals surface area contributed by atoms with Crippen LogP contribution in [0.2, 0.25) is 0 Å². The topological polar surface area (TPSA) is 96.5 Å². The number of halogens is 2. The molecule has 1 aliphatic carbocycles. The van der Waals surface area contributed by atoms with Gasteiger partial charge in [0, 0.05) is 48.5 Å². The third-order valence-corrected chi connectivity index (χ3v) is 7.68. The maximum Gasteiger partial charge on any atom is 0.239 e. The van der Waals surface area contributed by atoms with Crippen molar-refractivity contribution in [3.8, 4) is 0 Å². The van der Waals surface area contributed by atoms with Crippen LogP contribution < -0.4 is 15.5 Å². The largest absolute Gasteiger partial charge is 0.381 e. The number of hydrogen-bond acceptors (Lipinski definition) is 6. The third kappa shape index (κ3) is 5.08. The van der Waals surface area contributed by atoms with Gasteiger partial charge in [-0.2, -0.15) is 0 Å². The van der Waals surface area contributed by atoms with Crippen LogP contribution >= 0.6 is 0 Å². The number of aromatic nitrogens is 2. The van der Waals surface area contributed by atoms with E-state index < -0.39 is 23.0 Å². The molecule has 1 aromatic heterocycles. The standard InChI is InChI=1S/C29H29F2N5O3/c1-17-2-3-23(33-25(37)12-18-10-20(30)13-21(31)11-18)14-24(17)36-16-19-15-32-28(34-22-4-8-39-9-5-22)35-26(19)29(6-7-29)27(36)38/h2-3,10-11,13-15,22H,4-9,12,16H2,1H3,(H,33,37)(H,32,34,35). The first-order valence-electron chi connectivity index (χ1n) is 13.2. The van der Waals surface area contributed by atoms with Gasteiger partial charge < -0.3 is 20.3 Å². The van der Waals surface area contributed by atoms with E-state index in [-0.39, 0.29) is 23.9 Å². The Morgan fingerprint density at radius 1 is 1.13 bits per heavy atom. The van der Waals surface area contributed by atoms with E-state index in [0.717, 1.165) is 60.7 Å². The monoisotopic (exact) mass is 533 g/mol. The molecule has 1 saturated heterocycles. The van der Waals surface area contributed by atoms with Gasteiger partial charge in [-0.1, -0.05) is 6.07 Å². The highest BCUT2D eigenvalue weighted by atomic mass is 19.1. The highest BCUT2D eigenvalue weighted by molar-refractivity contribution is 6.05. The number of ether oxygens (including phenoxy) is 1. The minimum atomic E-state index is -0.733. The molecule has 2 amide bonds. The highest BCUT2D eigenvalue weighted by Gasteiger charge is 2.58. The number of aryl methyl sites for hydroxylation is 1. The summed E-state index contributed by atoms with van der Waals surface area (Å²) in [5, 5.41) is 6.19. The van der Waals surface area contributed by atoms with E-state index in [0.29, 0.717) is 37.1 Å². The number of rotatable bonds is 6. The molecule has 0 unspecified atom stereocenters. The van der Waals surface area contributed by atoms with Crippen LogP contribution in [-0.4, -0.2) is 41.0 Å². The maximum atomic E-state index is 13.8. The first-order chi connectivity index (χ1) is 18.8. The average Bonchev–Trinajstić information content (AvgIpc) is 3.70. The predicted octanol–water partition coefficient (Wildman–Crippen LogP) is 4.41. The number of carbonyl (C=O) groups is 2. The minimum absolute atomic E-state index is 0.00692. The van der Waals surface area contributed by atoms with Crippen molar-refractivity contribution in [3.63, 3.8) is 0 Å². The zero-order valence-electron chi connectivity index (χ0n) is 21.6. The summed E-state index contributed by atoms with van der Waals surface area (Å²) >= 11 is 0. The SMILES string of the molecule is Cc1ccc(NC(=O)Cc2cc(F)cc(F)c2)cc1N1Cc2cnc(NC3CCOCC3)nc2C2(CC2)C1=O. The zero-order chi connectivity index (χ0) is 27.1. The van der Waals surface area contributed by atoms with Gasteiger partial charge in [0.2, 0.25) is 17.8 Å². The molecule has 2 aliphatic heterocycles. The van der Waals surface area contributed by atoms with Crippen LogP contribution in [0.25, 0.3) is 0 Å². The number of hydrogen-bond donors (Lipinski definition) is 2. The molecule has 10 heteroatoms. The Hall–Kier alpha value is -3.92. The molecule has 39 heavy (non-hydrogen) atoms. The third-order valence-electron chi connectivity index (χ3n) is 7.68. The first-order valence-corrected chi connectivity index (χ1v) is 13.2. The van der Waals surface area contributed by atoms with Crippen molar-refractivity contribution in [2.45, 2.75) is 57.0 Å². The Kier molecular flexibility index (Phi) is 6.50. The number of anilines is 3. The summed E-state index contributed by atoms with van der Waals surface area (Å²) < 4.78 is 32.5. The summed E-state index contributed by atoms with van der Waals surface area (Å²) in [6, 6.07) is 8.64. The molecule has 2 N–H and O–H groups in total. The van der Waals surface area contributed by atoms with Crippen molar-refractivity contribution in [1.29, 1.82) is 0 Å². The number of nitrogens with zero attached hydrogens (tertiary/aromatic N) is 3. The number of fused-ring (bicyclic) bond motifs is 2. The Labute approximate surface area is 224 Å². The molecule has 0 radical (unpaired) electrons. The summed E-state index contributed by atoms with van der Waals surface area (Å²) in [7, 11) is 0. The van der Waals surface area contributed by atoms with Gasteiger partial charge in [0.05, 0.1) is 24.1 Å². The molecular weight excluding hydrogens is 504 g/mol. The maximum absolute atomic E-state index is 13.8. The fourth-order valence-corrected chi connectivity index (χ4v) is 5.48. The summed E-state index contributed by atoms with van der Waals surface area (Å²) in [6.07, 6.45) is 4.86. The van der Waals surface area contributed by atoms with Crippen LogP contribution in [-0.2, 0) is 32.7 Å². The van der Waals surface area contributed by atoms with Gasteiger partial charge in [-0.3, -0.25) is 9.59 Å². The molecule has 3 aromatic rings. The number of benzene rings is 2. The molecule has 1 saturated carbocycles. The zero-order valence-corrected chi connectivity index (χ0v) is 21.6. The van der Waals surface area contributed by atoms with Crippen LogP contribution in [0.4, 0.5) is 26.1 Å². The molecular formula is C29H29F2N5O3. The first kappa shape index (κ1) is 25.4. The summed E-state index contributed by atoms with van der Waals surface area (Å²) in [5.41, 5.74) is 3.36. The summed E-state index contributed by atoms with van der Waals surface area (Å²) in [6.45, 7) is 3.66. The second-order valence-electron chi connectivity index (χ2n) is 10.6. The fourth-order valence-electron chi connectivity index (χ4n) is 5.48.